The van der Waals surface area contributed by atoms with E-state index in [0.717, 1.165) is 37.0 Å². The van der Waals surface area contributed by atoms with E-state index in [9.17, 15) is 4.79 Å². The van der Waals surface area contributed by atoms with Crippen molar-refractivity contribution in [2.45, 2.75) is 37.0 Å². The minimum Gasteiger partial charge on any atom is -0.356 e. The van der Waals surface area contributed by atoms with Crippen molar-refractivity contribution in [3.63, 3.8) is 0 Å². The Balaban J connectivity index is 0.00000338. The van der Waals surface area contributed by atoms with Crippen LogP contribution in [0.5, 0.6) is 0 Å². The third kappa shape index (κ3) is 8.16. The Hall–Kier alpha value is -0.960. The predicted octanol–water partition coefficient (Wildman–Crippen LogP) is 2.75. The number of halogens is 1. The molecule has 1 aromatic rings. The number of carbonyl (C=O) groups excluding carboxylic acids is 1. The molecule has 146 valence electrons. The number of guanidine groups is 1. The first kappa shape index (κ1) is 23.1. The number of likely N-dealkylation sites (N-methyl/N-ethyl adjacent to an activating group) is 1. The molecule has 5 nitrogen and oxygen atoms in total. The van der Waals surface area contributed by atoms with E-state index in [0.29, 0.717) is 6.04 Å². The molecule has 1 saturated carbocycles. The molecule has 1 amide bonds. The van der Waals surface area contributed by atoms with E-state index < -0.39 is 0 Å². The van der Waals surface area contributed by atoms with Gasteiger partial charge in [0.05, 0.1) is 0 Å². The van der Waals surface area contributed by atoms with Crippen molar-refractivity contribution in [3.05, 3.63) is 35.9 Å². The molecule has 0 saturated heterocycles. The number of thioether (sulfide) groups is 1. The van der Waals surface area contributed by atoms with Crippen molar-refractivity contribution in [2.24, 2.45) is 4.99 Å². The van der Waals surface area contributed by atoms with Crippen LogP contribution in [0, 0.1) is 0 Å². The molecule has 0 bridgehead atoms. The van der Waals surface area contributed by atoms with Gasteiger partial charge in [0.1, 0.15) is 6.54 Å². The molecule has 0 aliphatic heterocycles. The largest absolute Gasteiger partial charge is 0.356 e. The number of nitrogens with zero attached hydrogens (tertiary/aromatic N) is 2. The topological polar surface area (TPSA) is 56.7 Å². The van der Waals surface area contributed by atoms with E-state index >= 15 is 0 Å². The summed E-state index contributed by atoms with van der Waals surface area (Å²) in [5.41, 5.74) is 1.29. The summed E-state index contributed by atoms with van der Waals surface area (Å²) in [7, 11) is 3.52. The second kappa shape index (κ2) is 12.4. The quantitative estimate of drug-likeness (QED) is 0.351. The van der Waals surface area contributed by atoms with Crippen LogP contribution in [0.3, 0.4) is 0 Å². The van der Waals surface area contributed by atoms with E-state index in [1.54, 1.807) is 19.0 Å². The third-order valence-corrected chi connectivity index (χ3v) is 5.57. The Morgan fingerprint density at radius 3 is 2.62 bits per heavy atom. The van der Waals surface area contributed by atoms with Gasteiger partial charge >= 0.3 is 0 Å². The molecule has 0 spiro atoms. The first-order chi connectivity index (χ1) is 12.1. The smallest absolute Gasteiger partial charge is 0.243 e. The van der Waals surface area contributed by atoms with Gasteiger partial charge in [0.25, 0.3) is 0 Å². The molecule has 2 unspecified atom stereocenters. The fourth-order valence-electron chi connectivity index (χ4n) is 2.89. The van der Waals surface area contributed by atoms with Crippen LogP contribution in [0.2, 0.25) is 0 Å². The van der Waals surface area contributed by atoms with Gasteiger partial charge in [-0.15, -0.1) is 24.0 Å². The van der Waals surface area contributed by atoms with Crippen LogP contribution < -0.4 is 10.6 Å². The summed E-state index contributed by atoms with van der Waals surface area (Å²) < 4.78 is 0. The molecular formula is C19H31IN4OS. The van der Waals surface area contributed by atoms with Gasteiger partial charge in [-0.3, -0.25) is 4.79 Å². The van der Waals surface area contributed by atoms with Crippen molar-refractivity contribution >= 4 is 47.6 Å². The lowest BCUT2D eigenvalue weighted by atomic mass is 10.1. The predicted molar refractivity (Wildman–Crippen MR) is 123 cm³/mol. The van der Waals surface area contributed by atoms with Gasteiger partial charge in [-0.25, -0.2) is 4.99 Å². The van der Waals surface area contributed by atoms with Crippen molar-refractivity contribution in [3.8, 4) is 0 Å². The van der Waals surface area contributed by atoms with E-state index in [2.05, 4.69) is 46.1 Å². The van der Waals surface area contributed by atoms with Gasteiger partial charge in [0, 0.05) is 31.9 Å². The van der Waals surface area contributed by atoms with Crippen molar-refractivity contribution in [1.29, 1.82) is 0 Å². The summed E-state index contributed by atoms with van der Waals surface area (Å²) in [6.07, 6.45) is 6.67. The Morgan fingerprint density at radius 1 is 1.27 bits per heavy atom. The van der Waals surface area contributed by atoms with Crippen LogP contribution in [0.25, 0.3) is 0 Å². The fraction of sp³-hybridized carbons (Fsp3) is 0.579. The zero-order chi connectivity index (χ0) is 18.1. The minimum atomic E-state index is 0. The Kier molecular flexibility index (Phi) is 11.0. The SMILES string of the molecule is CSC1CCC(NC(=NCC(=O)N(C)C)NCCc2ccccc2)C1.I. The number of aliphatic imine (C=N–C) groups is 1. The number of hydrogen-bond donors (Lipinski definition) is 2. The Labute approximate surface area is 178 Å². The summed E-state index contributed by atoms with van der Waals surface area (Å²) in [6.45, 7) is 0.969. The van der Waals surface area contributed by atoms with E-state index in [1.165, 1.54) is 12.0 Å². The standard InChI is InChI=1S/C19H30N4OS.HI/c1-23(2)18(24)14-21-19(22-16-9-10-17(13-16)25-3)20-12-11-15-7-5-4-6-8-15;/h4-8,16-17H,9-14H2,1-3H3,(H2,20,21,22);1H. The molecule has 1 aliphatic rings. The van der Waals surface area contributed by atoms with E-state index in [1.807, 2.05) is 17.8 Å². The molecule has 2 atom stereocenters. The zero-order valence-electron chi connectivity index (χ0n) is 15.9. The lowest BCUT2D eigenvalue weighted by molar-refractivity contribution is -0.127. The maximum atomic E-state index is 11.8. The number of amides is 1. The van der Waals surface area contributed by atoms with Crippen LogP contribution in [0.4, 0.5) is 0 Å². The Bertz CT molecular complexity index is 568. The first-order valence-corrected chi connectivity index (χ1v) is 10.2. The average molecular weight is 490 g/mol. The van der Waals surface area contributed by atoms with Gasteiger partial charge in [-0.1, -0.05) is 30.3 Å². The molecule has 1 aromatic carbocycles. The number of hydrogen-bond acceptors (Lipinski definition) is 3. The molecule has 2 N–H and O–H groups in total. The summed E-state index contributed by atoms with van der Waals surface area (Å²) in [5, 5.41) is 7.63. The summed E-state index contributed by atoms with van der Waals surface area (Å²) in [5.74, 6) is 0.760. The normalized spacial score (nSPS) is 19.6. The number of benzene rings is 1. The maximum Gasteiger partial charge on any atom is 0.243 e. The van der Waals surface area contributed by atoms with Crippen LogP contribution in [0.15, 0.2) is 35.3 Å². The number of nitrogens with one attached hydrogen (secondary N) is 2. The van der Waals surface area contributed by atoms with Gasteiger partial charge < -0.3 is 15.5 Å². The highest BCUT2D eigenvalue weighted by atomic mass is 127. The number of carbonyl (C=O) groups is 1. The monoisotopic (exact) mass is 490 g/mol. The molecule has 2 rings (SSSR count). The van der Waals surface area contributed by atoms with Gasteiger partial charge in [0.15, 0.2) is 5.96 Å². The number of rotatable bonds is 7. The van der Waals surface area contributed by atoms with Crippen molar-refractivity contribution < 1.29 is 4.79 Å². The molecule has 0 radical (unpaired) electrons. The van der Waals surface area contributed by atoms with Crippen LogP contribution in [0.1, 0.15) is 24.8 Å². The van der Waals surface area contributed by atoms with Crippen LogP contribution in [-0.2, 0) is 11.2 Å². The third-order valence-electron chi connectivity index (χ3n) is 4.48. The highest BCUT2D eigenvalue weighted by molar-refractivity contribution is 14.0. The fourth-order valence-corrected chi connectivity index (χ4v) is 3.69. The molecule has 1 aliphatic carbocycles. The highest BCUT2D eigenvalue weighted by Crippen LogP contribution is 2.27. The summed E-state index contributed by atoms with van der Waals surface area (Å²) >= 11 is 1.94. The highest BCUT2D eigenvalue weighted by Gasteiger charge is 2.24. The maximum absolute atomic E-state index is 11.8. The van der Waals surface area contributed by atoms with Gasteiger partial charge in [-0.05, 0) is 37.5 Å². The summed E-state index contributed by atoms with van der Waals surface area (Å²) in [4.78, 5) is 17.9. The molecule has 26 heavy (non-hydrogen) atoms. The second-order valence-electron chi connectivity index (χ2n) is 6.63. The Morgan fingerprint density at radius 2 is 2.00 bits per heavy atom. The lowest BCUT2D eigenvalue weighted by Gasteiger charge is -2.18. The molecule has 7 heteroatoms. The van der Waals surface area contributed by atoms with Crippen LogP contribution in [-0.4, -0.2) is 61.5 Å². The van der Waals surface area contributed by atoms with Gasteiger partial charge in [0.2, 0.25) is 5.91 Å². The average Bonchev–Trinajstić information content (AvgIpc) is 3.07. The lowest BCUT2D eigenvalue weighted by Crippen LogP contribution is -2.44. The zero-order valence-corrected chi connectivity index (χ0v) is 19.1. The molecular weight excluding hydrogens is 459 g/mol. The molecule has 0 aromatic heterocycles. The van der Waals surface area contributed by atoms with Crippen molar-refractivity contribution in [1.82, 2.24) is 15.5 Å². The van der Waals surface area contributed by atoms with Crippen LogP contribution >= 0.6 is 35.7 Å². The van der Waals surface area contributed by atoms with E-state index in [4.69, 9.17) is 0 Å². The van der Waals surface area contributed by atoms with Crippen molar-refractivity contribution in [2.75, 3.05) is 33.4 Å². The minimum absolute atomic E-state index is 0. The van der Waals surface area contributed by atoms with E-state index in [-0.39, 0.29) is 36.4 Å². The first-order valence-electron chi connectivity index (χ1n) is 8.90. The second-order valence-corrected chi connectivity index (χ2v) is 7.77. The summed E-state index contributed by atoms with van der Waals surface area (Å²) in [6, 6.07) is 10.8. The van der Waals surface area contributed by atoms with Gasteiger partial charge in [-0.2, -0.15) is 11.8 Å². The molecule has 1 fully saturated rings. The molecule has 0 heterocycles.